The van der Waals surface area contributed by atoms with Gasteiger partial charge in [0.1, 0.15) is 4.60 Å². The number of ketones is 1. The van der Waals surface area contributed by atoms with Gasteiger partial charge in [0, 0.05) is 5.56 Å². The fourth-order valence-corrected chi connectivity index (χ4v) is 2.81. The van der Waals surface area contributed by atoms with E-state index in [9.17, 15) is 9.59 Å². The smallest absolute Gasteiger partial charge is 0.266 e. The molecule has 6 heteroatoms. The quantitative estimate of drug-likeness (QED) is 0.593. The number of Topliss-reactive ketones (excluding diaryl/α,β-unsaturated/α-hetero) is 1. The highest BCUT2D eigenvalue weighted by Crippen LogP contribution is 2.31. The largest absolute Gasteiger partial charge is 0.480 e. The van der Waals surface area contributed by atoms with E-state index in [2.05, 4.69) is 34.8 Å². The van der Waals surface area contributed by atoms with Crippen LogP contribution in [0.1, 0.15) is 35.7 Å². The van der Waals surface area contributed by atoms with Gasteiger partial charge in [-0.05, 0) is 39.5 Å². The first-order chi connectivity index (χ1) is 11.5. The molecule has 0 aliphatic carbocycles. The van der Waals surface area contributed by atoms with Crippen molar-refractivity contribution in [3.8, 4) is 5.75 Å². The first-order valence-corrected chi connectivity index (χ1v) is 8.48. The minimum absolute atomic E-state index is 0.0559. The van der Waals surface area contributed by atoms with E-state index in [1.807, 2.05) is 12.1 Å². The van der Waals surface area contributed by atoms with Gasteiger partial charge >= 0.3 is 0 Å². The third-order valence-electron chi connectivity index (χ3n) is 3.91. The summed E-state index contributed by atoms with van der Waals surface area (Å²) in [6, 6.07) is 11.0. The maximum Gasteiger partial charge on any atom is 0.266 e. The van der Waals surface area contributed by atoms with Crippen LogP contribution in [0, 0.1) is 0 Å². The van der Waals surface area contributed by atoms with Gasteiger partial charge in [0.05, 0.1) is 6.54 Å². The molecule has 0 bridgehead atoms. The van der Waals surface area contributed by atoms with Crippen molar-refractivity contribution < 1.29 is 14.3 Å². The summed E-state index contributed by atoms with van der Waals surface area (Å²) in [6.45, 7) is 4.06. The zero-order valence-corrected chi connectivity index (χ0v) is 15.0. The van der Waals surface area contributed by atoms with Gasteiger partial charge < -0.3 is 4.74 Å². The molecule has 0 unspecified atom stereocenters. The molecule has 1 aliphatic rings. The Morgan fingerprint density at radius 3 is 2.62 bits per heavy atom. The maximum atomic E-state index is 12.6. The number of ether oxygens (including phenoxy) is 1. The van der Waals surface area contributed by atoms with Gasteiger partial charge in [-0.2, -0.15) is 0 Å². The summed E-state index contributed by atoms with van der Waals surface area (Å²) in [5, 5.41) is 0. The summed E-state index contributed by atoms with van der Waals surface area (Å²) in [7, 11) is 0. The molecule has 24 heavy (non-hydrogen) atoms. The third-order valence-corrected chi connectivity index (χ3v) is 4.36. The Bertz CT molecular complexity index is 787. The van der Waals surface area contributed by atoms with E-state index in [1.54, 1.807) is 24.3 Å². The lowest BCUT2D eigenvalue weighted by Crippen LogP contribution is -2.42. The van der Waals surface area contributed by atoms with Crippen LogP contribution in [0.2, 0.25) is 0 Å². The molecule has 1 aromatic carbocycles. The Balaban J connectivity index is 1.84. The number of aromatic nitrogens is 1. The van der Waals surface area contributed by atoms with Crippen LogP contribution in [0.15, 0.2) is 41.0 Å². The van der Waals surface area contributed by atoms with E-state index in [4.69, 9.17) is 4.74 Å². The Labute approximate surface area is 148 Å². The Hall–Kier alpha value is -2.21. The molecule has 0 N–H and O–H groups in total. The zero-order chi connectivity index (χ0) is 17.3. The molecule has 5 nitrogen and oxygen atoms in total. The molecule has 0 fully saturated rings. The van der Waals surface area contributed by atoms with Crippen LogP contribution in [-0.2, 0) is 4.79 Å². The summed E-state index contributed by atoms with van der Waals surface area (Å²) < 4.78 is 5.95. The van der Waals surface area contributed by atoms with Gasteiger partial charge in [-0.3, -0.25) is 14.5 Å². The summed E-state index contributed by atoms with van der Waals surface area (Å²) in [5.74, 6) is 0.866. The predicted octanol–water partition coefficient (Wildman–Crippen LogP) is 3.58. The number of pyridine rings is 1. The molecule has 1 amide bonds. The minimum Gasteiger partial charge on any atom is -0.480 e. The van der Waals surface area contributed by atoms with Crippen LogP contribution >= 0.6 is 15.9 Å². The highest BCUT2D eigenvalue weighted by molar-refractivity contribution is 9.10. The third kappa shape index (κ3) is 3.33. The van der Waals surface area contributed by atoms with Gasteiger partial charge in [-0.25, -0.2) is 4.98 Å². The second-order valence-electron chi connectivity index (χ2n) is 5.92. The molecule has 3 rings (SSSR count). The number of carbonyl (C=O) groups is 2. The fraction of sp³-hybridized carbons (Fsp3) is 0.278. The van der Waals surface area contributed by atoms with Crippen molar-refractivity contribution in [2.24, 2.45) is 0 Å². The molecule has 0 saturated carbocycles. The Kier molecular flexibility index (Phi) is 4.66. The standard InChI is InChI=1S/C18H17BrN2O3/c1-11(2)12-3-5-13(6-4-12)14(22)9-21-17(23)10-24-15-7-8-16(19)20-18(15)21/h3-8,11H,9-10H2,1-2H3. The number of hydrogen-bond acceptors (Lipinski definition) is 4. The minimum atomic E-state index is -0.278. The topological polar surface area (TPSA) is 59.5 Å². The van der Waals surface area contributed by atoms with Crippen LogP contribution in [0.4, 0.5) is 5.82 Å². The number of fused-ring (bicyclic) bond motifs is 1. The van der Waals surface area contributed by atoms with Crippen molar-refractivity contribution in [2.75, 3.05) is 18.1 Å². The SMILES string of the molecule is CC(C)c1ccc(C(=O)CN2C(=O)COc3ccc(Br)nc32)cc1. The molecular formula is C18H17BrN2O3. The van der Waals surface area contributed by atoms with E-state index < -0.39 is 0 Å². The van der Waals surface area contributed by atoms with E-state index in [1.165, 1.54) is 10.5 Å². The molecule has 1 aromatic heterocycles. The lowest BCUT2D eigenvalue weighted by Gasteiger charge is -2.27. The van der Waals surface area contributed by atoms with E-state index in [-0.39, 0.29) is 24.8 Å². The fourth-order valence-electron chi connectivity index (χ4n) is 2.51. The molecule has 2 aromatic rings. The van der Waals surface area contributed by atoms with Crippen LogP contribution in [-0.4, -0.2) is 29.8 Å². The van der Waals surface area contributed by atoms with Crippen LogP contribution < -0.4 is 9.64 Å². The van der Waals surface area contributed by atoms with E-state index >= 15 is 0 Å². The molecule has 0 spiro atoms. The van der Waals surface area contributed by atoms with Crippen LogP contribution in [0.25, 0.3) is 0 Å². The average Bonchev–Trinajstić information content (AvgIpc) is 2.57. The summed E-state index contributed by atoms with van der Waals surface area (Å²) in [4.78, 5) is 30.4. The summed E-state index contributed by atoms with van der Waals surface area (Å²) in [6.07, 6.45) is 0. The van der Waals surface area contributed by atoms with Crippen molar-refractivity contribution in [3.05, 3.63) is 52.1 Å². The van der Waals surface area contributed by atoms with Gasteiger partial charge in [-0.1, -0.05) is 38.1 Å². The molecule has 2 heterocycles. The molecular weight excluding hydrogens is 372 g/mol. The first kappa shape index (κ1) is 16.6. The summed E-state index contributed by atoms with van der Waals surface area (Å²) >= 11 is 3.28. The number of nitrogens with zero attached hydrogens (tertiary/aromatic N) is 2. The Morgan fingerprint density at radius 1 is 1.25 bits per heavy atom. The van der Waals surface area contributed by atoms with Crippen molar-refractivity contribution >= 4 is 33.4 Å². The first-order valence-electron chi connectivity index (χ1n) is 7.68. The van der Waals surface area contributed by atoms with Crippen molar-refractivity contribution in [1.82, 2.24) is 4.98 Å². The van der Waals surface area contributed by atoms with Gasteiger partial charge in [0.15, 0.2) is 24.0 Å². The van der Waals surface area contributed by atoms with Crippen molar-refractivity contribution in [2.45, 2.75) is 19.8 Å². The highest BCUT2D eigenvalue weighted by Gasteiger charge is 2.29. The van der Waals surface area contributed by atoms with Crippen molar-refractivity contribution in [3.63, 3.8) is 0 Å². The van der Waals surface area contributed by atoms with E-state index in [0.717, 1.165) is 0 Å². The maximum absolute atomic E-state index is 12.6. The normalized spacial score (nSPS) is 13.7. The zero-order valence-electron chi connectivity index (χ0n) is 13.5. The second kappa shape index (κ2) is 6.73. The number of rotatable bonds is 4. The number of carbonyl (C=O) groups excluding carboxylic acids is 2. The molecule has 0 saturated heterocycles. The average molecular weight is 389 g/mol. The number of benzene rings is 1. The number of anilines is 1. The van der Waals surface area contributed by atoms with Gasteiger partial charge in [-0.15, -0.1) is 0 Å². The molecule has 124 valence electrons. The number of halogens is 1. The summed E-state index contributed by atoms with van der Waals surface area (Å²) in [5.41, 5.74) is 1.75. The van der Waals surface area contributed by atoms with Crippen LogP contribution in [0.5, 0.6) is 5.75 Å². The Morgan fingerprint density at radius 2 is 1.96 bits per heavy atom. The number of amides is 1. The van der Waals surface area contributed by atoms with Gasteiger partial charge in [0.2, 0.25) is 0 Å². The lowest BCUT2D eigenvalue weighted by molar-refractivity contribution is -0.121. The second-order valence-corrected chi connectivity index (χ2v) is 6.74. The molecule has 1 aliphatic heterocycles. The van der Waals surface area contributed by atoms with E-state index in [0.29, 0.717) is 27.7 Å². The predicted molar refractivity (Wildman–Crippen MR) is 94.6 cm³/mol. The lowest BCUT2D eigenvalue weighted by atomic mass is 10.0. The highest BCUT2D eigenvalue weighted by atomic mass is 79.9. The molecule has 0 radical (unpaired) electrons. The van der Waals surface area contributed by atoms with Gasteiger partial charge in [0.25, 0.3) is 5.91 Å². The monoisotopic (exact) mass is 388 g/mol. The van der Waals surface area contributed by atoms with Crippen LogP contribution in [0.3, 0.4) is 0 Å². The number of hydrogen-bond donors (Lipinski definition) is 0. The van der Waals surface area contributed by atoms with Crippen molar-refractivity contribution in [1.29, 1.82) is 0 Å². The molecule has 0 atom stereocenters.